The first-order chi connectivity index (χ1) is 25.4. The summed E-state index contributed by atoms with van der Waals surface area (Å²) in [5.74, 6) is -3.66. The second kappa shape index (κ2) is 19.3. The molecule has 0 unspecified atom stereocenters. The van der Waals surface area contributed by atoms with Gasteiger partial charge in [-0.3, -0.25) is 34.0 Å². The van der Waals surface area contributed by atoms with E-state index in [9.17, 15) is 29.1 Å². The van der Waals surface area contributed by atoms with E-state index in [1.54, 1.807) is 12.1 Å². The van der Waals surface area contributed by atoms with Crippen molar-refractivity contribution in [2.24, 2.45) is 32.9 Å². The molecule has 3 aromatic rings. The molecule has 1 saturated heterocycles. The molecule has 0 saturated carbocycles. The number of benzene rings is 3. The lowest BCUT2D eigenvalue weighted by Crippen LogP contribution is -2.58. The average Bonchev–Trinajstić information content (AvgIpc) is 3.12. The number of nitrogens with two attached hydrogens (primary N) is 4. The van der Waals surface area contributed by atoms with E-state index in [4.69, 9.17) is 22.9 Å². The number of aromatic hydroxyl groups is 1. The molecule has 0 aliphatic carbocycles. The van der Waals surface area contributed by atoms with Crippen LogP contribution in [0.15, 0.2) is 76.7 Å². The number of nitrogens with one attached hydrogen (secondary N) is 5. The van der Waals surface area contributed by atoms with Crippen molar-refractivity contribution in [1.29, 1.82) is 0 Å². The van der Waals surface area contributed by atoms with Crippen molar-refractivity contribution in [2.75, 3.05) is 19.6 Å². The van der Waals surface area contributed by atoms with Crippen LogP contribution in [0, 0.1) is 0 Å². The van der Waals surface area contributed by atoms with Gasteiger partial charge in [0.15, 0.2) is 11.9 Å². The first kappa shape index (κ1) is 39.4. The summed E-state index contributed by atoms with van der Waals surface area (Å²) in [4.78, 5) is 76.4. The number of fused-ring (bicyclic) bond motifs is 1. The zero-order valence-corrected chi connectivity index (χ0v) is 29.2. The molecule has 1 aliphatic rings. The van der Waals surface area contributed by atoms with E-state index in [1.807, 2.05) is 42.5 Å². The van der Waals surface area contributed by atoms with Gasteiger partial charge in [-0.1, -0.05) is 54.6 Å². The number of amides is 5. The van der Waals surface area contributed by atoms with Crippen molar-refractivity contribution < 1.29 is 29.1 Å². The Morgan fingerprint density at radius 2 is 1.09 bits per heavy atom. The zero-order chi connectivity index (χ0) is 38.3. The standard InChI is InChI=1S/C36H47N11O6/c37-35(38)41-15-3-7-26-32(51)45-27(8-4-16-42-36(39)40)33(52)47-28(19-22-9-12-23-5-1-2-6-24(23)17-22)31(50)43-20-30(49)44-29(34(53)46-26)18-21-10-13-25(48)14-11-21/h1-2,5-6,9-14,17,26-29,48H,3-4,7-8,15-16,18-20H2,(H,43,50)(H,44,49)(H,45,51)(H,46,53)(H,47,52)(H4,37,38,41)(H4,39,40,42)/t26-,27+,28-,29+/m1/s1. The Morgan fingerprint density at radius 1 is 0.604 bits per heavy atom. The van der Waals surface area contributed by atoms with Crippen LogP contribution in [-0.4, -0.2) is 90.4 Å². The second-order valence-corrected chi connectivity index (χ2v) is 12.7. The fraction of sp³-hybridized carbons (Fsp3) is 0.361. The topological polar surface area (TPSA) is 295 Å². The Hall–Kier alpha value is -6.39. The van der Waals surface area contributed by atoms with Crippen LogP contribution in [0.2, 0.25) is 0 Å². The summed E-state index contributed by atoms with van der Waals surface area (Å²) in [7, 11) is 0. The molecule has 4 atom stereocenters. The number of hydrogen-bond acceptors (Lipinski definition) is 8. The molecule has 53 heavy (non-hydrogen) atoms. The number of aliphatic imine (C=N–C) groups is 2. The maximum atomic E-state index is 13.9. The van der Waals surface area contributed by atoms with Crippen molar-refractivity contribution in [3.05, 3.63) is 77.9 Å². The van der Waals surface area contributed by atoms with Gasteiger partial charge in [0.2, 0.25) is 29.5 Å². The highest BCUT2D eigenvalue weighted by atomic mass is 16.3. The second-order valence-electron chi connectivity index (χ2n) is 12.7. The van der Waals surface area contributed by atoms with Gasteiger partial charge in [-0.05, 0) is 59.7 Å². The molecule has 0 aromatic heterocycles. The average molecular weight is 730 g/mol. The Balaban J connectivity index is 1.68. The van der Waals surface area contributed by atoms with Gasteiger partial charge < -0.3 is 54.6 Å². The van der Waals surface area contributed by atoms with Crippen LogP contribution in [0.3, 0.4) is 0 Å². The highest BCUT2D eigenvalue weighted by Gasteiger charge is 2.32. The molecule has 17 heteroatoms. The van der Waals surface area contributed by atoms with Crippen LogP contribution in [0.1, 0.15) is 36.8 Å². The highest BCUT2D eigenvalue weighted by molar-refractivity contribution is 5.97. The van der Waals surface area contributed by atoms with Gasteiger partial charge in [0.05, 0.1) is 6.54 Å². The summed E-state index contributed by atoms with van der Waals surface area (Å²) in [6.07, 6.45) is 0.769. The minimum atomic E-state index is -1.19. The number of nitrogens with zero attached hydrogens (tertiary/aromatic N) is 2. The third kappa shape index (κ3) is 12.7. The normalized spacial score (nSPS) is 20.0. The lowest BCUT2D eigenvalue weighted by molar-refractivity contribution is -0.134. The molecule has 0 spiro atoms. The fourth-order valence-corrected chi connectivity index (χ4v) is 5.79. The van der Waals surface area contributed by atoms with E-state index in [-0.39, 0.29) is 69.3 Å². The summed E-state index contributed by atoms with van der Waals surface area (Å²) < 4.78 is 0. The maximum absolute atomic E-state index is 13.9. The number of carbonyl (C=O) groups is 5. The van der Waals surface area contributed by atoms with Gasteiger partial charge in [-0.2, -0.15) is 0 Å². The van der Waals surface area contributed by atoms with Crippen LogP contribution >= 0.6 is 0 Å². The molecule has 1 heterocycles. The van der Waals surface area contributed by atoms with Gasteiger partial charge in [-0.25, -0.2) is 0 Å². The Bertz CT molecular complexity index is 1820. The van der Waals surface area contributed by atoms with Crippen LogP contribution in [-0.2, 0) is 36.8 Å². The molecule has 17 nitrogen and oxygen atoms in total. The molecule has 0 radical (unpaired) electrons. The van der Waals surface area contributed by atoms with E-state index in [0.29, 0.717) is 5.56 Å². The smallest absolute Gasteiger partial charge is 0.243 e. The van der Waals surface area contributed by atoms with Crippen LogP contribution < -0.4 is 49.5 Å². The van der Waals surface area contributed by atoms with Gasteiger partial charge in [0.25, 0.3) is 0 Å². The van der Waals surface area contributed by atoms with Crippen LogP contribution in [0.25, 0.3) is 10.8 Å². The lowest BCUT2D eigenvalue weighted by atomic mass is 10.0. The number of rotatable bonds is 12. The summed E-state index contributed by atoms with van der Waals surface area (Å²) in [5, 5.41) is 25.1. The van der Waals surface area contributed by atoms with E-state index in [2.05, 4.69) is 36.6 Å². The molecule has 14 N–H and O–H groups in total. The molecule has 3 aromatic carbocycles. The molecular weight excluding hydrogens is 682 g/mol. The molecule has 282 valence electrons. The molecular formula is C36H47N11O6. The zero-order valence-electron chi connectivity index (χ0n) is 29.2. The molecule has 1 fully saturated rings. The number of phenols is 1. The van der Waals surface area contributed by atoms with Gasteiger partial charge >= 0.3 is 0 Å². The first-order valence-electron chi connectivity index (χ1n) is 17.2. The predicted octanol–water partition coefficient (Wildman–Crippen LogP) is -1.49. The Kier molecular flexibility index (Phi) is 14.3. The fourth-order valence-electron chi connectivity index (χ4n) is 5.79. The van der Waals surface area contributed by atoms with E-state index >= 15 is 0 Å². The SMILES string of the molecule is NC(N)=NCCC[C@@H]1NC(=O)[C@@H](CCCN=C(N)N)NC(=O)[C@H](Cc2ccc(O)cc2)NC(=O)CNC(=O)[C@@H](Cc2ccc3ccccc3c2)NC1=O. The van der Waals surface area contributed by atoms with Crippen molar-refractivity contribution >= 4 is 52.2 Å². The Labute approximate surface area is 306 Å². The van der Waals surface area contributed by atoms with Crippen molar-refractivity contribution in [3.8, 4) is 5.75 Å². The monoisotopic (exact) mass is 729 g/mol. The lowest BCUT2D eigenvalue weighted by Gasteiger charge is -2.26. The number of hydrogen-bond donors (Lipinski definition) is 10. The van der Waals surface area contributed by atoms with Crippen LogP contribution in [0.5, 0.6) is 5.75 Å². The summed E-state index contributed by atoms with van der Waals surface area (Å²) >= 11 is 0. The van der Waals surface area contributed by atoms with E-state index < -0.39 is 60.2 Å². The minimum Gasteiger partial charge on any atom is -0.508 e. The summed E-state index contributed by atoms with van der Waals surface area (Å²) in [6, 6.07) is 14.7. The quantitative estimate of drug-likeness (QED) is 0.0585. The van der Waals surface area contributed by atoms with E-state index in [0.717, 1.165) is 16.3 Å². The van der Waals surface area contributed by atoms with Gasteiger partial charge in [0.1, 0.15) is 29.9 Å². The molecule has 5 amide bonds. The predicted molar refractivity (Wildman–Crippen MR) is 200 cm³/mol. The summed E-state index contributed by atoms with van der Waals surface area (Å²) in [6.45, 7) is -0.194. The number of phenolic OH excluding ortho intramolecular Hbond substituents is 1. The number of carbonyl (C=O) groups excluding carboxylic acids is 5. The molecule has 4 rings (SSSR count). The molecule has 1 aliphatic heterocycles. The largest absolute Gasteiger partial charge is 0.508 e. The van der Waals surface area contributed by atoms with Crippen molar-refractivity contribution in [1.82, 2.24) is 26.6 Å². The van der Waals surface area contributed by atoms with Gasteiger partial charge in [0, 0.05) is 25.9 Å². The third-order valence-electron chi connectivity index (χ3n) is 8.49. The number of guanidine groups is 2. The third-order valence-corrected chi connectivity index (χ3v) is 8.49. The maximum Gasteiger partial charge on any atom is 0.243 e. The van der Waals surface area contributed by atoms with E-state index in [1.165, 1.54) is 12.1 Å². The van der Waals surface area contributed by atoms with Crippen molar-refractivity contribution in [2.45, 2.75) is 62.7 Å². The summed E-state index contributed by atoms with van der Waals surface area (Å²) in [5.41, 5.74) is 23.2. The minimum absolute atomic E-state index is 0.00775. The van der Waals surface area contributed by atoms with Crippen molar-refractivity contribution in [3.63, 3.8) is 0 Å². The molecule has 0 bridgehead atoms. The van der Waals surface area contributed by atoms with Crippen LogP contribution in [0.4, 0.5) is 0 Å². The van der Waals surface area contributed by atoms with Gasteiger partial charge in [-0.15, -0.1) is 0 Å². The Morgan fingerprint density at radius 3 is 1.68 bits per heavy atom. The first-order valence-corrected chi connectivity index (χ1v) is 17.2. The highest BCUT2D eigenvalue weighted by Crippen LogP contribution is 2.17.